The Balaban J connectivity index is 1.88. The van der Waals surface area contributed by atoms with Crippen molar-refractivity contribution in [3.63, 3.8) is 0 Å². The third-order valence-corrected chi connectivity index (χ3v) is 5.83. The van der Waals surface area contributed by atoms with E-state index >= 15 is 0 Å². The summed E-state index contributed by atoms with van der Waals surface area (Å²) in [5.74, 6) is 0.783. The van der Waals surface area contributed by atoms with Gasteiger partial charge in [-0.15, -0.1) is 0 Å². The molecule has 0 aliphatic heterocycles. The SMILES string of the molecule is CN(CC1CCCC(C)(C)C1=O)C1CCC(C)(C)CC1. The minimum absolute atomic E-state index is 0.0850. The summed E-state index contributed by atoms with van der Waals surface area (Å²) in [5.41, 5.74) is 0.443. The number of Topliss-reactive ketones (excluding diaryl/α,β-unsaturated/α-hetero) is 1. The number of carbonyl (C=O) groups excluding carboxylic acids is 1. The van der Waals surface area contributed by atoms with Crippen molar-refractivity contribution in [3.8, 4) is 0 Å². The van der Waals surface area contributed by atoms with Gasteiger partial charge >= 0.3 is 0 Å². The van der Waals surface area contributed by atoms with Crippen molar-refractivity contribution in [3.05, 3.63) is 0 Å². The fourth-order valence-electron chi connectivity index (χ4n) is 4.09. The molecule has 0 aromatic rings. The normalized spacial score (nSPS) is 30.7. The van der Waals surface area contributed by atoms with Gasteiger partial charge in [-0.25, -0.2) is 0 Å². The van der Waals surface area contributed by atoms with Crippen LogP contribution in [0.1, 0.15) is 72.6 Å². The summed E-state index contributed by atoms with van der Waals surface area (Å²) in [7, 11) is 2.23. The average Bonchev–Trinajstić information content (AvgIpc) is 2.34. The minimum atomic E-state index is -0.0850. The Morgan fingerprint density at radius 1 is 1.05 bits per heavy atom. The van der Waals surface area contributed by atoms with Crippen LogP contribution in [0.25, 0.3) is 0 Å². The summed E-state index contributed by atoms with van der Waals surface area (Å²) in [6, 6.07) is 0.695. The summed E-state index contributed by atoms with van der Waals surface area (Å²) >= 11 is 0. The first-order valence-corrected chi connectivity index (χ1v) is 8.46. The number of nitrogens with zero attached hydrogens (tertiary/aromatic N) is 1. The van der Waals surface area contributed by atoms with Crippen LogP contribution < -0.4 is 0 Å². The van der Waals surface area contributed by atoms with Crippen molar-refractivity contribution in [2.24, 2.45) is 16.7 Å². The van der Waals surface area contributed by atoms with Crippen molar-refractivity contribution in [1.82, 2.24) is 4.90 Å². The molecule has 0 aromatic heterocycles. The number of rotatable bonds is 3. The van der Waals surface area contributed by atoms with Crippen LogP contribution >= 0.6 is 0 Å². The minimum Gasteiger partial charge on any atom is -0.303 e. The number of hydrogen-bond acceptors (Lipinski definition) is 2. The molecular weight excluding hydrogens is 246 g/mol. The molecular formula is C18H33NO. The maximum Gasteiger partial charge on any atom is 0.142 e. The van der Waals surface area contributed by atoms with Crippen LogP contribution in [-0.2, 0) is 4.79 Å². The monoisotopic (exact) mass is 279 g/mol. The van der Waals surface area contributed by atoms with Gasteiger partial charge in [0.25, 0.3) is 0 Å². The van der Waals surface area contributed by atoms with Gasteiger partial charge < -0.3 is 4.90 Å². The summed E-state index contributed by atoms with van der Waals surface area (Å²) in [4.78, 5) is 15.0. The maximum absolute atomic E-state index is 12.5. The molecule has 2 fully saturated rings. The highest BCUT2D eigenvalue weighted by molar-refractivity contribution is 5.87. The lowest BCUT2D eigenvalue weighted by Gasteiger charge is -2.41. The molecule has 0 bridgehead atoms. The van der Waals surface area contributed by atoms with E-state index in [2.05, 4.69) is 39.6 Å². The molecule has 1 unspecified atom stereocenters. The van der Waals surface area contributed by atoms with Gasteiger partial charge in [0.2, 0.25) is 0 Å². The first kappa shape index (κ1) is 16.0. The lowest BCUT2D eigenvalue weighted by Crippen LogP contribution is -2.45. The van der Waals surface area contributed by atoms with Crippen molar-refractivity contribution in [2.45, 2.75) is 78.7 Å². The number of hydrogen-bond donors (Lipinski definition) is 0. The molecule has 116 valence electrons. The first-order chi connectivity index (χ1) is 9.21. The van der Waals surface area contributed by atoms with E-state index in [4.69, 9.17) is 0 Å². The van der Waals surface area contributed by atoms with Crippen molar-refractivity contribution < 1.29 is 4.79 Å². The zero-order chi connectivity index (χ0) is 15.0. The smallest absolute Gasteiger partial charge is 0.142 e. The molecule has 0 N–H and O–H groups in total. The van der Waals surface area contributed by atoms with E-state index in [9.17, 15) is 4.79 Å². The molecule has 2 heteroatoms. The maximum atomic E-state index is 12.5. The van der Waals surface area contributed by atoms with Crippen LogP contribution in [0.5, 0.6) is 0 Å². The molecule has 0 heterocycles. The third kappa shape index (κ3) is 3.63. The predicted octanol–water partition coefficient (Wildman–Crippen LogP) is 4.28. The lowest BCUT2D eigenvalue weighted by atomic mass is 9.70. The zero-order valence-electron chi connectivity index (χ0n) is 14.2. The standard InChI is InChI=1S/C18H33NO/c1-17(2)11-8-15(9-12-17)19(5)13-14-7-6-10-18(3,4)16(14)20/h14-15H,6-13H2,1-5H3. The molecule has 0 spiro atoms. The summed E-state index contributed by atoms with van der Waals surface area (Å²) in [6.07, 6.45) is 8.64. The van der Waals surface area contributed by atoms with Gasteiger partial charge in [0.1, 0.15) is 5.78 Å². The fraction of sp³-hybridized carbons (Fsp3) is 0.944. The van der Waals surface area contributed by atoms with E-state index in [0.29, 0.717) is 17.2 Å². The van der Waals surface area contributed by atoms with E-state index in [1.54, 1.807) is 0 Å². The summed E-state index contributed by atoms with van der Waals surface area (Å²) < 4.78 is 0. The Kier molecular flexibility index (Phi) is 4.63. The molecule has 2 rings (SSSR count). The largest absolute Gasteiger partial charge is 0.303 e. The van der Waals surface area contributed by atoms with Crippen molar-refractivity contribution in [2.75, 3.05) is 13.6 Å². The van der Waals surface area contributed by atoms with Gasteiger partial charge in [-0.2, -0.15) is 0 Å². The molecule has 2 nitrogen and oxygen atoms in total. The molecule has 20 heavy (non-hydrogen) atoms. The Morgan fingerprint density at radius 3 is 2.25 bits per heavy atom. The van der Waals surface area contributed by atoms with Gasteiger partial charge in [-0.05, 0) is 51.0 Å². The molecule has 0 aromatic carbocycles. The highest BCUT2D eigenvalue weighted by Gasteiger charge is 2.38. The molecule has 2 saturated carbocycles. The molecule has 1 atom stereocenters. The zero-order valence-corrected chi connectivity index (χ0v) is 14.2. The van der Waals surface area contributed by atoms with Crippen LogP contribution in [0.3, 0.4) is 0 Å². The fourth-order valence-corrected chi connectivity index (χ4v) is 4.09. The Bertz CT molecular complexity index is 348. The highest BCUT2D eigenvalue weighted by Crippen LogP contribution is 2.38. The topological polar surface area (TPSA) is 20.3 Å². The van der Waals surface area contributed by atoms with E-state index in [1.807, 2.05) is 0 Å². The Morgan fingerprint density at radius 2 is 1.65 bits per heavy atom. The summed E-state index contributed by atoms with van der Waals surface area (Å²) in [6.45, 7) is 10.0. The second-order valence-corrected chi connectivity index (χ2v) is 8.67. The van der Waals surface area contributed by atoms with Gasteiger partial charge in [0.15, 0.2) is 0 Å². The van der Waals surface area contributed by atoms with Crippen LogP contribution in [0.15, 0.2) is 0 Å². The molecule has 0 radical (unpaired) electrons. The van der Waals surface area contributed by atoms with E-state index < -0.39 is 0 Å². The van der Waals surface area contributed by atoms with Gasteiger partial charge in [-0.3, -0.25) is 4.79 Å². The second kappa shape index (κ2) is 5.79. The number of ketones is 1. The van der Waals surface area contributed by atoms with Crippen LogP contribution in [0.2, 0.25) is 0 Å². The molecule has 2 aliphatic rings. The van der Waals surface area contributed by atoms with Gasteiger partial charge in [0, 0.05) is 23.9 Å². The number of carbonyl (C=O) groups is 1. The first-order valence-electron chi connectivity index (χ1n) is 8.46. The molecule has 0 saturated heterocycles. The van der Waals surface area contributed by atoms with E-state index in [-0.39, 0.29) is 11.3 Å². The lowest BCUT2D eigenvalue weighted by molar-refractivity contribution is -0.135. The highest BCUT2D eigenvalue weighted by atomic mass is 16.1. The molecule has 2 aliphatic carbocycles. The van der Waals surface area contributed by atoms with Crippen molar-refractivity contribution in [1.29, 1.82) is 0 Å². The van der Waals surface area contributed by atoms with E-state index in [0.717, 1.165) is 19.4 Å². The van der Waals surface area contributed by atoms with Crippen LogP contribution in [0, 0.1) is 16.7 Å². The van der Waals surface area contributed by atoms with Gasteiger partial charge in [-0.1, -0.05) is 34.1 Å². The predicted molar refractivity (Wildman–Crippen MR) is 84.8 cm³/mol. The van der Waals surface area contributed by atoms with Crippen LogP contribution in [-0.4, -0.2) is 30.3 Å². The molecule has 0 amide bonds. The van der Waals surface area contributed by atoms with E-state index in [1.165, 1.54) is 32.1 Å². The second-order valence-electron chi connectivity index (χ2n) is 8.67. The van der Waals surface area contributed by atoms with Gasteiger partial charge in [0.05, 0.1) is 0 Å². The van der Waals surface area contributed by atoms with Crippen LogP contribution in [0.4, 0.5) is 0 Å². The average molecular weight is 279 g/mol. The Hall–Kier alpha value is -0.370. The quantitative estimate of drug-likeness (QED) is 0.768. The van der Waals surface area contributed by atoms with Crippen molar-refractivity contribution >= 4 is 5.78 Å². The Labute approximate surface area is 125 Å². The third-order valence-electron chi connectivity index (χ3n) is 5.83. The summed E-state index contributed by atoms with van der Waals surface area (Å²) in [5, 5.41) is 0.